The highest BCUT2D eigenvalue weighted by atomic mass is 32.2. The van der Waals surface area contributed by atoms with Crippen LogP contribution < -0.4 is 0 Å². The molecule has 0 unspecified atom stereocenters. The van der Waals surface area contributed by atoms with Crippen LogP contribution in [0.1, 0.15) is 0 Å². The van der Waals surface area contributed by atoms with E-state index < -0.39 is 0 Å². The molecule has 2 nitrogen and oxygen atoms in total. The summed E-state index contributed by atoms with van der Waals surface area (Å²) in [7, 11) is 8.53. The second kappa shape index (κ2) is 10.1. The Morgan fingerprint density at radius 2 is 1.00 bits per heavy atom. The van der Waals surface area contributed by atoms with Gasteiger partial charge in [0, 0.05) is 36.1 Å². The summed E-state index contributed by atoms with van der Waals surface area (Å²) in [4.78, 5) is 4.48. The van der Waals surface area contributed by atoms with Crippen molar-refractivity contribution < 1.29 is 0 Å². The van der Waals surface area contributed by atoms with Gasteiger partial charge in [-0.15, -0.1) is 0 Å². The summed E-state index contributed by atoms with van der Waals surface area (Å²) < 4.78 is 0. The second-order valence-electron chi connectivity index (χ2n) is 3.83. The summed E-state index contributed by atoms with van der Waals surface area (Å²) in [5.74, 6) is 5.13. The van der Waals surface area contributed by atoms with Gasteiger partial charge in [-0.3, -0.25) is 0 Å². The van der Waals surface area contributed by atoms with E-state index in [1.54, 1.807) is 0 Å². The second-order valence-corrected chi connectivity index (χ2v) is 6.28. The highest BCUT2D eigenvalue weighted by molar-refractivity contribution is 8.02. The Labute approximate surface area is 97.8 Å². The number of nitrogens with zero attached hydrogens (tertiary/aromatic N) is 2. The predicted molar refractivity (Wildman–Crippen MR) is 71.8 cm³/mol. The fraction of sp³-hybridized carbons (Fsp3) is 1.00. The molecule has 0 heterocycles. The molecule has 0 aliphatic rings. The Hall–Kier alpha value is 0.620. The molecular formula is C10H24N2S2. The molecule has 0 atom stereocenters. The van der Waals surface area contributed by atoms with E-state index in [-0.39, 0.29) is 0 Å². The van der Waals surface area contributed by atoms with E-state index in [9.17, 15) is 0 Å². The van der Waals surface area contributed by atoms with Crippen LogP contribution in [0.5, 0.6) is 0 Å². The van der Waals surface area contributed by atoms with Crippen molar-refractivity contribution in [2.24, 2.45) is 0 Å². The minimum absolute atomic E-state index is 1.20. The Balaban J connectivity index is 2.92. The SMILES string of the molecule is CN(C)CCSCCSCCN(C)C. The molecule has 0 saturated carbocycles. The van der Waals surface area contributed by atoms with Crippen LogP contribution in [0.4, 0.5) is 0 Å². The number of hydrogen-bond donors (Lipinski definition) is 0. The van der Waals surface area contributed by atoms with Gasteiger partial charge in [-0.2, -0.15) is 23.5 Å². The molecule has 0 spiro atoms. The zero-order chi connectivity index (χ0) is 10.8. The lowest BCUT2D eigenvalue weighted by molar-refractivity contribution is 0.437. The topological polar surface area (TPSA) is 6.48 Å². The first-order valence-electron chi connectivity index (χ1n) is 5.08. The zero-order valence-electron chi connectivity index (χ0n) is 9.95. The van der Waals surface area contributed by atoms with Crippen molar-refractivity contribution in [2.75, 3.05) is 64.3 Å². The number of rotatable bonds is 9. The molecule has 0 aromatic carbocycles. The summed E-state index contributed by atoms with van der Waals surface area (Å²) in [6, 6.07) is 0. The van der Waals surface area contributed by atoms with Gasteiger partial charge in [0.15, 0.2) is 0 Å². The van der Waals surface area contributed by atoms with Crippen LogP contribution in [-0.2, 0) is 0 Å². The van der Waals surface area contributed by atoms with Crippen LogP contribution in [0.15, 0.2) is 0 Å². The fourth-order valence-corrected chi connectivity index (χ4v) is 3.16. The lowest BCUT2D eigenvalue weighted by Gasteiger charge is -2.09. The molecule has 0 aromatic rings. The highest BCUT2D eigenvalue weighted by Gasteiger charge is 1.93. The van der Waals surface area contributed by atoms with Crippen LogP contribution in [0, 0.1) is 0 Å². The third-order valence-corrected chi connectivity index (χ3v) is 3.92. The van der Waals surface area contributed by atoms with Crippen LogP contribution in [0.3, 0.4) is 0 Å². The van der Waals surface area contributed by atoms with E-state index >= 15 is 0 Å². The molecule has 0 saturated heterocycles. The first-order chi connectivity index (χ1) is 6.63. The Morgan fingerprint density at radius 1 is 0.643 bits per heavy atom. The summed E-state index contributed by atoms with van der Waals surface area (Å²) in [6.45, 7) is 2.40. The van der Waals surface area contributed by atoms with Gasteiger partial charge < -0.3 is 9.80 Å². The predicted octanol–water partition coefficient (Wildman–Crippen LogP) is 1.58. The van der Waals surface area contributed by atoms with E-state index in [0.29, 0.717) is 0 Å². The van der Waals surface area contributed by atoms with Gasteiger partial charge in [0.1, 0.15) is 0 Å². The first kappa shape index (κ1) is 14.6. The van der Waals surface area contributed by atoms with E-state index in [1.165, 1.54) is 36.1 Å². The summed E-state index contributed by atoms with van der Waals surface area (Å²) in [6.07, 6.45) is 0. The third-order valence-electron chi connectivity index (χ3n) is 1.74. The lowest BCUT2D eigenvalue weighted by Crippen LogP contribution is -2.16. The molecule has 0 rings (SSSR count). The van der Waals surface area contributed by atoms with Gasteiger partial charge in [-0.25, -0.2) is 0 Å². The largest absolute Gasteiger partial charge is 0.309 e. The van der Waals surface area contributed by atoms with Crippen molar-refractivity contribution in [2.45, 2.75) is 0 Å². The molecule has 0 radical (unpaired) electrons. The van der Waals surface area contributed by atoms with Crippen LogP contribution in [0.2, 0.25) is 0 Å². The van der Waals surface area contributed by atoms with Gasteiger partial charge in [-0.05, 0) is 28.2 Å². The van der Waals surface area contributed by atoms with Gasteiger partial charge in [0.05, 0.1) is 0 Å². The van der Waals surface area contributed by atoms with Crippen LogP contribution >= 0.6 is 23.5 Å². The van der Waals surface area contributed by atoms with Gasteiger partial charge in [-0.1, -0.05) is 0 Å². The summed E-state index contributed by atoms with van der Waals surface area (Å²) >= 11 is 4.13. The summed E-state index contributed by atoms with van der Waals surface area (Å²) in [5.41, 5.74) is 0. The fourth-order valence-electron chi connectivity index (χ4n) is 0.816. The zero-order valence-corrected chi connectivity index (χ0v) is 11.6. The molecule has 0 fully saturated rings. The van der Waals surface area contributed by atoms with Gasteiger partial charge in [0.25, 0.3) is 0 Å². The molecule has 0 bridgehead atoms. The molecular weight excluding hydrogens is 212 g/mol. The maximum atomic E-state index is 2.24. The van der Waals surface area contributed by atoms with Crippen molar-refractivity contribution in [3.8, 4) is 0 Å². The van der Waals surface area contributed by atoms with E-state index in [1.807, 2.05) is 0 Å². The van der Waals surface area contributed by atoms with Crippen molar-refractivity contribution in [1.29, 1.82) is 0 Å². The van der Waals surface area contributed by atoms with E-state index in [4.69, 9.17) is 0 Å². The minimum Gasteiger partial charge on any atom is -0.309 e. The molecule has 0 aliphatic carbocycles. The van der Waals surface area contributed by atoms with Crippen molar-refractivity contribution in [3.63, 3.8) is 0 Å². The molecule has 0 N–H and O–H groups in total. The maximum absolute atomic E-state index is 2.24. The molecule has 0 aromatic heterocycles. The number of thioether (sulfide) groups is 2. The van der Waals surface area contributed by atoms with Crippen LogP contribution in [0.25, 0.3) is 0 Å². The average Bonchev–Trinajstić information content (AvgIpc) is 2.08. The van der Waals surface area contributed by atoms with E-state index in [0.717, 1.165) is 0 Å². The summed E-state index contributed by atoms with van der Waals surface area (Å²) in [5, 5.41) is 0. The maximum Gasteiger partial charge on any atom is 0.00662 e. The highest BCUT2D eigenvalue weighted by Crippen LogP contribution is 2.06. The average molecular weight is 236 g/mol. The Bertz CT molecular complexity index is 105. The third kappa shape index (κ3) is 12.6. The van der Waals surface area contributed by atoms with Gasteiger partial charge in [0.2, 0.25) is 0 Å². The first-order valence-corrected chi connectivity index (χ1v) is 7.39. The molecule has 0 aliphatic heterocycles. The minimum atomic E-state index is 1.20. The standard InChI is InChI=1S/C10H24N2S2/c1-11(2)5-7-13-9-10-14-8-6-12(3)4/h5-10H2,1-4H3. The Kier molecular flexibility index (Phi) is 10.6. The lowest BCUT2D eigenvalue weighted by atomic mass is 10.7. The normalized spacial score (nSPS) is 11.6. The monoisotopic (exact) mass is 236 g/mol. The molecule has 0 amide bonds. The Morgan fingerprint density at radius 3 is 1.29 bits per heavy atom. The van der Waals surface area contributed by atoms with Crippen molar-refractivity contribution in [1.82, 2.24) is 9.80 Å². The smallest absolute Gasteiger partial charge is 0.00662 e. The molecule has 86 valence electrons. The quantitative estimate of drug-likeness (QED) is 0.561. The van der Waals surface area contributed by atoms with Crippen molar-refractivity contribution in [3.05, 3.63) is 0 Å². The van der Waals surface area contributed by atoms with Gasteiger partial charge >= 0.3 is 0 Å². The number of hydrogen-bond acceptors (Lipinski definition) is 4. The van der Waals surface area contributed by atoms with Crippen LogP contribution in [-0.4, -0.2) is 74.1 Å². The van der Waals surface area contributed by atoms with Crippen molar-refractivity contribution >= 4 is 23.5 Å². The van der Waals surface area contributed by atoms with E-state index in [2.05, 4.69) is 61.5 Å². The molecule has 14 heavy (non-hydrogen) atoms. The molecule has 4 heteroatoms.